The maximum absolute atomic E-state index is 12.6. The van der Waals surface area contributed by atoms with Gasteiger partial charge in [0.05, 0.1) is 0 Å². The smallest absolute Gasteiger partial charge is 0.193 e. The van der Waals surface area contributed by atoms with Crippen LogP contribution in [0.4, 0.5) is 0 Å². The average molecular weight is 251 g/mol. The van der Waals surface area contributed by atoms with Crippen LogP contribution in [0.1, 0.15) is 38.2 Å². The van der Waals surface area contributed by atoms with E-state index in [1.807, 2.05) is 44.2 Å². The molecule has 0 saturated heterocycles. The van der Waals surface area contributed by atoms with Gasteiger partial charge in [0, 0.05) is 24.2 Å². The molecular formula is C17H17NO. The van der Waals surface area contributed by atoms with Gasteiger partial charge in [-0.3, -0.25) is 4.79 Å². The molecule has 1 heterocycles. The lowest BCUT2D eigenvalue weighted by Gasteiger charge is -2.08. The molecule has 1 N–H and O–H groups in total. The molecule has 0 amide bonds. The van der Waals surface area contributed by atoms with Crippen molar-refractivity contribution in [1.82, 2.24) is 5.32 Å². The van der Waals surface area contributed by atoms with E-state index in [2.05, 4.69) is 11.4 Å². The van der Waals surface area contributed by atoms with Crippen molar-refractivity contribution in [1.29, 1.82) is 0 Å². The van der Waals surface area contributed by atoms with Gasteiger partial charge in [-0.15, -0.1) is 0 Å². The van der Waals surface area contributed by atoms with Crippen LogP contribution in [0.5, 0.6) is 0 Å². The number of fused-ring (bicyclic) bond motifs is 1. The third kappa shape index (κ3) is 2.08. The SMILES string of the molecule is Cc1cccc(C(=O)c2ccc3c(c2)CNC3)c1C. The summed E-state index contributed by atoms with van der Waals surface area (Å²) in [6.07, 6.45) is 0. The van der Waals surface area contributed by atoms with Crippen molar-refractivity contribution in [2.24, 2.45) is 0 Å². The predicted molar refractivity (Wildman–Crippen MR) is 76.3 cm³/mol. The van der Waals surface area contributed by atoms with Gasteiger partial charge in [0.1, 0.15) is 0 Å². The van der Waals surface area contributed by atoms with E-state index < -0.39 is 0 Å². The number of nitrogens with one attached hydrogen (secondary N) is 1. The Hall–Kier alpha value is -1.93. The van der Waals surface area contributed by atoms with Crippen LogP contribution in [0.25, 0.3) is 0 Å². The summed E-state index contributed by atoms with van der Waals surface area (Å²) < 4.78 is 0. The summed E-state index contributed by atoms with van der Waals surface area (Å²) in [5.41, 5.74) is 6.38. The van der Waals surface area contributed by atoms with Gasteiger partial charge in [0.2, 0.25) is 0 Å². The molecule has 2 heteroatoms. The van der Waals surface area contributed by atoms with Gasteiger partial charge in [0.15, 0.2) is 5.78 Å². The number of hydrogen-bond donors (Lipinski definition) is 1. The van der Waals surface area contributed by atoms with Crippen molar-refractivity contribution in [2.75, 3.05) is 0 Å². The van der Waals surface area contributed by atoms with Gasteiger partial charge >= 0.3 is 0 Å². The molecule has 0 unspecified atom stereocenters. The van der Waals surface area contributed by atoms with Crippen molar-refractivity contribution >= 4 is 5.78 Å². The van der Waals surface area contributed by atoms with E-state index in [-0.39, 0.29) is 5.78 Å². The zero-order chi connectivity index (χ0) is 13.4. The second kappa shape index (κ2) is 4.63. The van der Waals surface area contributed by atoms with Crippen LogP contribution in [0.3, 0.4) is 0 Å². The Labute approximate surface area is 113 Å². The van der Waals surface area contributed by atoms with Gasteiger partial charge in [-0.05, 0) is 42.2 Å². The van der Waals surface area contributed by atoms with Crippen molar-refractivity contribution < 1.29 is 4.79 Å². The Morgan fingerprint density at radius 2 is 1.84 bits per heavy atom. The van der Waals surface area contributed by atoms with Crippen LogP contribution in [0.2, 0.25) is 0 Å². The highest BCUT2D eigenvalue weighted by Gasteiger charge is 2.16. The number of carbonyl (C=O) groups excluding carboxylic acids is 1. The van der Waals surface area contributed by atoms with Crippen LogP contribution in [0, 0.1) is 13.8 Å². The van der Waals surface area contributed by atoms with Crippen molar-refractivity contribution in [2.45, 2.75) is 26.9 Å². The van der Waals surface area contributed by atoms with Crippen molar-refractivity contribution in [3.8, 4) is 0 Å². The maximum atomic E-state index is 12.6. The number of carbonyl (C=O) groups is 1. The largest absolute Gasteiger partial charge is 0.309 e. The fourth-order valence-corrected chi connectivity index (χ4v) is 2.59. The Bertz CT molecular complexity index is 658. The minimum Gasteiger partial charge on any atom is -0.309 e. The zero-order valence-electron chi connectivity index (χ0n) is 11.3. The van der Waals surface area contributed by atoms with Crippen LogP contribution in [-0.2, 0) is 13.1 Å². The van der Waals surface area contributed by atoms with Gasteiger partial charge < -0.3 is 5.32 Å². The minimum atomic E-state index is 0.121. The molecule has 0 aliphatic carbocycles. The standard InChI is InChI=1S/C17H17NO/c1-11-4-3-5-16(12(11)2)17(19)13-6-7-14-9-18-10-15(14)8-13/h3-8,18H,9-10H2,1-2H3. The van der Waals surface area contributed by atoms with Crippen LogP contribution < -0.4 is 5.32 Å². The summed E-state index contributed by atoms with van der Waals surface area (Å²) >= 11 is 0. The zero-order valence-corrected chi connectivity index (χ0v) is 11.3. The summed E-state index contributed by atoms with van der Waals surface area (Å²) in [5, 5.41) is 3.30. The first kappa shape index (κ1) is 12.1. The molecule has 3 rings (SSSR count). The lowest BCUT2D eigenvalue weighted by Crippen LogP contribution is -2.05. The summed E-state index contributed by atoms with van der Waals surface area (Å²) in [7, 11) is 0. The molecule has 1 aliphatic rings. The quantitative estimate of drug-likeness (QED) is 0.831. The van der Waals surface area contributed by atoms with E-state index >= 15 is 0 Å². The molecule has 19 heavy (non-hydrogen) atoms. The lowest BCUT2D eigenvalue weighted by molar-refractivity contribution is 0.103. The summed E-state index contributed by atoms with van der Waals surface area (Å²) in [4.78, 5) is 12.6. The molecule has 2 aromatic rings. The second-order valence-corrected chi connectivity index (χ2v) is 5.16. The molecule has 2 nitrogen and oxygen atoms in total. The number of aryl methyl sites for hydroxylation is 1. The highest BCUT2D eigenvalue weighted by Crippen LogP contribution is 2.21. The number of rotatable bonds is 2. The predicted octanol–water partition coefficient (Wildman–Crippen LogP) is 3.14. The number of benzene rings is 2. The maximum Gasteiger partial charge on any atom is 0.193 e. The first-order valence-electron chi connectivity index (χ1n) is 6.60. The fraction of sp³-hybridized carbons (Fsp3) is 0.235. The Kier molecular flexibility index (Phi) is 2.96. The third-order valence-electron chi connectivity index (χ3n) is 3.95. The molecule has 0 radical (unpaired) electrons. The Morgan fingerprint density at radius 3 is 2.68 bits per heavy atom. The van der Waals surface area contributed by atoms with Crippen LogP contribution in [0.15, 0.2) is 36.4 Å². The molecule has 96 valence electrons. The lowest BCUT2D eigenvalue weighted by atomic mass is 9.94. The summed E-state index contributed by atoms with van der Waals surface area (Å²) in [5.74, 6) is 0.121. The van der Waals surface area contributed by atoms with Gasteiger partial charge in [-0.1, -0.05) is 30.3 Å². The molecule has 0 fully saturated rings. The van der Waals surface area contributed by atoms with Crippen molar-refractivity contribution in [3.63, 3.8) is 0 Å². The van der Waals surface area contributed by atoms with Gasteiger partial charge in [-0.2, -0.15) is 0 Å². The topological polar surface area (TPSA) is 29.1 Å². The normalized spacial score (nSPS) is 13.4. The van der Waals surface area contributed by atoms with E-state index in [0.29, 0.717) is 0 Å². The monoisotopic (exact) mass is 251 g/mol. The van der Waals surface area contributed by atoms with Crippen LogP contribution in [-0.4, -0.2) is 5.78 Å². The molecular weight excluding hydrogens is 234 g/mol. The van der Waals surface area contributed by atoms with E-state index in [4.69, 9.17) is 0 Å². The van der Waals surface area contributed by atoms with E-state index in [0.717, 1.165) is 35.3 Å². The molecule has 0 atom stereocenters. The first-order valence-corrected chi connectivity index (χ1v) is 6.60. The number of hydrogen-bond acceptors (Lipinski definition) is 2. The molecule has 0 spiro atoms. The van der Waals surface area contributed by atoms with E-state index in [9.17, 15) is 4.79 Å². The molecule has 2 aromatic carbocycles. The fourth-order valence-electron chi connectivity index (χ4n) is 2.59. The Morgan fingerprint density at radius 1 is 1.05 bits per heavy atom. The first-order chi connectivity index (χ1) is 9.16. The highest BCUT2D eigenvalue weighted by molar-refractivity contribution is 6.10. The van der Waals surface area contributed by atoms with E-state index in [1.54, 1.807) is 0 Å². The molecule has 0 bridgehead atoms. The molecule has 1 aliphatic heterocycles. The summed E-state index contributed by atoms with van der Waals surface area (Å²) in [6, 6.07) is 11.9. The minimum absolute atomic E-state index is 0.121. The number of ketones is 1. The van der Waals surface area contributed by atoms with Gasteiger partial charge in [-0.25, -0.2) is 0 Å². The van der Waals surface area contributed by atoms with Crippen molar-refractivity contribution in [3.05, 3.63) is 69.8 Å². The molecule has 0 aromatic heterocycles. The third-order valence-corrected chi connectivity index (χ3v) is 3.95. The average Bonchev–Trinajstić information content (AvgIpc) is 2.88. The Balaban J connectivity index is 2.02. The second-order valence-electron chi connectivity index (χ2n) is 5.16. The van der Waals surface area contributed by atoms with Crippen LogP contribution >= 0.6 is 0 Å². The molecule has 0 saturated carbocycles. The van der Waals surface area contributed by atoms with Gasteiger partial charge in [0.25, 0.3) is 0 Å². The highest BCUT2D eigenvalue weighted by atomic mass is 16.1. The summed E-state index contributed by atoms with van der Waals surface area (Å²) in [6.45, 7) is 5.83. The van der Waals surface area contributed by atoms with E-state index in [1.165, 1.54) is 11.1 Å².